The number of unbranched alkanes of at least 4 members (excludes halogenated alkanes) is 4. The summed E-state index contributed by atoms with van der Waals surface area (Å²) in [5.41, 5.74) is 1.28. The predicted octanol–water partition coefficient (Wildman–Crippen LogP) is 4.71. The first-order valence-electron chi connectivity index (χ1n) is 8.17. The molecule has 0 aliphatic heterocycles. The molecule has 0 aliphatic rings. The molecule has 0 heterocycles. The summed E-state index contributed by atoms with van der Waals surface area (Å²) in [5.74, 6) is 0. The lowest BCUT2D eigenvalue weighted by Gasteiger charge is -2.27. The second-order valence-electron chi connectivity index (χ2n) is 5.38. The third kappa shape index (κ3) is 6.06. The molecule has 2 unspecified atom stereocenters. The van der Waals surface area contributed by atoms with Gasteiger partial charge in [-0.25, -0.2) is 0 Å². The highest BCUT2D eigenvalue weighted by atomic mass is 16.5. The Morgan fingerprint density at radius 1 is 1.00 bits per heavy atom. The minimum Gasteiger partial charge on any atom is -0.372 e. The van der Waals surface area contributed by atoms with E-state index in [-0.39, 0.29) is 6.10 Å². The SMILES string of the molecule is CCCCCCCC(NC)C(OCC)c1ccccc1. The maximum absolute atomic E-state index is 6.00. The first-order chi connectivity index (χ1) is 9.83. The minimum absolute atomic E-state index is 0.164. The van der Waals surface area contributed by atoms with E-state index in [1.165, 1.54) is 44.1 Å². The summed E-state index contributed by atoms with van der Waals surface area (Å²) in [6.07, 6.45) is 7.98. The van der Waals surface area contributed by atoms with Crippen LogP contribution in [0.15, 0.2) is 30.3 Å². The lowest BCUT2D eigenvalue weighted by atomic mass is 9.97. The Labute approximate surface area is 124 Å². The first-order valence-corrected chi connectivity index (χ1v) is 8.17. The van der Waals surface area contributed by atoms with Crippen molar-refractivity contribution >= 4 is 0 Å². The highest BCUT2D eigenvalue weighted by Crippen LogP contribution is 2.24. The van der Waals surface area contributed by atoms with Crippen LogP contribution in [0.1, 0.15) is 64.0 Å². The zero-order valence-electron chi connectivity index (χ0n) is 13.4. The standard InChI is InChI=1S/C18H31NO/c1-4-6-7-8-12-15-17(19-3)18(20-5-2)16-13-10-9-11-14-16/h9-11,13-14,17-19H,4-8,12,15H2,1-3H3. The second kappa shape index (κ2) is 10.9. The monoisotopic (exact) mass is 277 g/mol. The Bertz CT molecular complexity index is 325. The van der Waals surface area contributed by atoms with Gasteiger partial charge in [0.05, 0.1) is 6.10 Å². The van der Waals surface area contributed by atoms with Crippen molar-refractivity contribution < 1.29 is 4.74 Å². The average molecular weight is 277 g/mol. The van der Waals surface area contributed by atoms with E-state index in [0.717, 1.165) is 6.61 Å². The molecule has 0 saturated heterocycles. The fourth-order valence-electron chi connectivity index (χ4n) is 2.68. The second-order valence-corrected chi connectivity index (χ2v) is 5.38. The van der Waals surface area contributed by atoms with Crippen LogP contribution in [0.2, 0.25) is 0 Å². The van der Waals surface area contributed by atoms with Gasteiger partial charge < -0.3 is 10.1 Å². The molecule has 0 bridgehead atoms. The van der Waals surface area contributed by atoms with E-state index in [1.807, 2.05) is 7.05 Å². The molecule has 20 heavy (non-hydrogen) atoms. The highest BCUT2D eigenvalue weighted by molar-refractivity contribution is 5.19. The van der Waals surface area contributed by atoms with Crippen molar-refractivity contribution in [2.45, 2.75) is 64.5 Å². The number of ether oxygens (including phenoxy) is 1. The van der Waals surface area contributed by atoms with Crippen LogP contribution in [0.4, 0.5) is 0 Å². The normalized spacial score (nSPS) is 14.2. The molecule has 0 saturated carbocycles. The summed E-state index contributed by atoms with van der Waals surface area (Å²) in [4.78, 5) is 0. The molecular weight excluding hydrogens is 246 g/mol. The quantitative estimate of drug-likeness (QED) is 0.591. The third-order valence-electron chi connectivity index (χ3n) is 3.83. The van der Waals surface area contributed by atoms with Crippen LogP contribution < -0.4 is 5.32 Å². The molecule has 1 aromatic rings. The number of nitrogens with one attached hydrogen (secondary N) is 1. The number of hydrogen-bond donors (Lipinski definition) is 1. The molecule has 0 fully saturated rings. The lowest BCUT2D eigenvalue weighted by molar-refractivity contribution is 0.0322. The summed E-state index contributed by atoms with van der Waals surface area (Å²) >= 11 is 0. The number of rotatable bonds is 11. The smallest absolute Gasteiger partial charge is 0.0977 e. The van der Waals surface area contributed by atoms with Gasteiger partial charge in [-0.3, -0.25) is 0 Å². The zero-order valence-corrected chi connectivity index (χ0v) is 13.4. The van der Waals surface area contributed by atoms with Crippen LogP contribution in [0.25, 0.3) is 0 Å². The molecule has 2 heteroatoms. The minimum atomic E-state index is 0.164. The van der Waals surface area contributed by atoms with Crippen molar-refractivity contribution in [3.63, 3.8) is 0 Å². The fraction of sp³-hybridized carbons (Fsp3) is 0.667. The van der Waals surface area contributed by atoms with Gasteiger partial charge in [0.2, 0.25) is 0 Å². The molecule has 114 valence electrons. The largest absolute Gasteiger partial charge is 0.372 e. The van der Waals surface area contributed by atoms with Crippen molar-refractivity contribution in [1.82, 2.24) is 5.32 Å². The van der Waals surface area contributed by atoms with Gasteiger partial charge in [-0.1, -0.05) is 69.4 Å². The van der Waals surface area contributed by atoms with Gasteiger partial charge in [-0.05, 0) is 26.0 Å². The number of benzene rings is 1. The van der Waals surface area contributed by atoms with Gasteiger partial charge in [0, 0.05) is 12.6 Å². The molecule has 2 nitrogen and oxygen atoms in total. The van der Waals surface area contributed by atoms with Crippen molar-refractivity contribution in [3.05, 3.63) is 35.9 Å². The van der Waals surface area contributed by atoms with E-state index >= 15 is 0 Å². The predicted molar refractivity (Wildman–Crippen MR) is 87.0 cm³/mol. The topological polar surface area (TPSA) is 21.3 Å². The van der Waals surface area contributed by atoms with Gasteiger partial charge in [0.1, 0.15) is 0 Å². The molecule has 2 atom stereocenters. The lowest BCUT2D eigenvalue weighted by Crippen LogP contribution is -2.33. The number of hydrogen-bond acceptors (Lipinski definition) is 2. The molecule has 1 rings (SSSR count). The van der Waals surface area contributed by atoms with Crippen LogP contribution in [0, 0.1) is 0 Å². The van der Waals surface area contributed by atoms with E-state index in [1.54, 1.807) is 0 Å². The molecule has 0 radical (unpaired) electrons. The third-order valence-corrected chi connectivity index (χ3v) is 3.83. The summed E-state index contributed by atoms with van der Waals surface area (Å²) < 4.78 is 6.00. The maximum atomic E-state index is 6.00. The Hall–Kier alpha value is -0.860. The van der Waals surface area contributed by atoms with Crippen molar-refractivity contribution in [1.29, 1.82) is 0 Å². The average Bonchev–Trinajstić information content (AvgIpc) is 2.50. The van der Waals surface area contributed by atoms with Gasteiger partial charge >= 0.3 is 0 Å². The molecular formula is C18H31NO. The van der Waals surface area contributed by atoms with Crippen molar-refractivity contribution in [2.24, 2.45) is 0 Å². The Morgan fingerprint density at radius 3 is 2.30 bits per heavy atom. The van der Waals surface area contributed by atoms with E-state index in [9.17, 15) is 0 Å². The Balaban J connectivity index is 2.53. The molecule has 0 spiro atoms. The number of likely N-dealkylation sites (N-methyl/N-ethyl adjacent to an activating group) is 1. The summed E-state index contributed by atoms with van der Waals surface area (Å²) in [5, 5.41) is 3.45. The van der Waals surface area contributed by atoms with Crippen LogP contribution in [-0.2, 0) is 4.74 Å². The van der Waals surface area contributed by atoms with E-state index < -0.39 is 0 Å². The Morgan fingerprint density at radius 2 is 1.70 bits per heavy atom. The van der Waals surface area contributed by atoms with Crippen LogP contribution in [0.5, 0.6) is 0 Å². The zero-order chi connectivity index (χ0) is 14.6. The summed E-state index contributed by atoms with van der Waals surface area (Å²) in [6.45, 7) is 5.09. The van der Waals surface area contributed by atoms with Gasteiger partial charge in [-0.15, -0.1) is 0 Å². The molecule has 0 amide bonds. The highest BCUT2D eigenvalue weighted by Gasteiger charge is 2.21. The van der Waals surface area contributed by atoms with Crippen LogP contribution >= 0.6 is 0 Å². The molecule has 0 aliphatic carbocycles. The van der Waals surface area contributed by atoms with E-state index in [2.05, 4.69) is 49.5 Å². The first kappa shape index (κ1) is 17.2. The van der Waals surface area contributed by atoms with Gasteiger partial charge in [-0.2, -0.15) is 0 Å². The summed E-state index contributed by atoms with van der Waals surface area (Å²) in [6, 6.07) is 11.0. The molecule has 0 aromatic heterocycles. The van der Waals surface area contributed by atoms with E-state index in [4.69, 9.17) is 4.74 Å². The van der Waals surface area contributed by atoms with Crippen LogP contribution in [0.3, 0.4) is 0 Å². The Kier molecular flexibility index (Phi) is 9.35. The van der Waals surface area contributed by atoms with Crippen molar-refractivity contribution in [3.8, 4) is 0 Å². The molecule has 1 aromatic carbocycles. The summed E-state index contributed by atoms with van der Waals surface area (Å²) in [7, 11) is 2.05. The maximum Gasteiger partial charge on any atom is 0.0977 e. The van der Waals surface area contributed by atoms with Crippen molar-refractivity contribution in [2.75, 3.05) is 13.7 Å². The fourth-order valence-corrected chi connectivity index (χ4v) is 2.68. The molecule has 1 N–H and O–H groups in total. The van der Waals surface area contributed by atoms with Gasteiger partial charge in [0.25, 0.3) is 0 Å². The van der Waals surface area contributed by atoms with Gasteiger partial charge in [0.15, 0.2) is 0 Å². The van der Waals surface area contributed by atoms with Crippen LogP contribution in [-0.4, -0.2) is 19.7 Å². The van der Waals surface area contributed by atoms with E-state index in [0.29, 0.717) is 6.04 Å².